The molecule has 2 amide bonds. The zero-order valence-corrected chi connectivity index (χ0v) is 14.0. The van der Waals surface area contributed by atoms with Gasteiger partial charge < -0.3 is 10.6 Å². The summed E-state index contributed by atoms with van der Waals surface area (Å²) in [7, 11) is 0. The lowest BCUT2D eigenvalue weighted by Crippen LogP contribution is -2.16. The summed E-state index contributed by atoms with van der Waals surface area (Å²) < 4.78 is 0. The highest BCUT2D eigenvalue weighted by Crippen LogP contribution is 2.30. The first-order valence-electron chi connectivity index (χ1n) is 7.63. The van der Waals surface area contributed by atoms with Crippen molar-refractivity contribution in [3.8, 4) is 0 Å². The molecule has 1 aromatic carbocycles. The third kappa shape index (κ3) is 4.16. The number of benzene rings is 1. The molecule has 0 saturated heterocycles. The van der Waals surface area contributed by atoms with Crippen molar-refractivity contribution in [2.75, 3.05) is 10.6 Å². The Labute approximate surface area is 139 Å². The number of nitrogens with zero attached hydrogens (tertiary/aromatic N) is 1. The summed E-state index contributed by atoms with van der Waals surface area (Å²) in [6.07, 6.45) is 2.12. The molecule has 0 atom stereocenters. The predicted molar refractivity (Wildman–Crippen MR) is 91.7 cm³/mol. The van der Waals surface area contributed by atoms with E-state index in [9.17, 15) is 9.59 Å². The van der Waals surface area contributed by atoms with Crippen molar-refractivity contribution in [1.82, 2.24) is 4.98 Å². The topological polar surface area (TPSA) is 71.1 Å². The largest absolute Gasteiger partial charge is 0.326 e. The van der Waals surface area contributed by atoms with E-state index in [1.807, 2.05) is 37.4 Å². The van der Waals surface area contributed by atoms with Crippen molar-refractivity contribution >= 4 is 34.0 Å². The number of hydrogen-bond donors (Lipinski definition) is 2. The van der Waals surface area contributed by atoms with Gasteiger partial charge in [-0.2, -0.15) is 0 Å². The molecule has 1 saturated carbocycles. The van der Waals surface area contributed by atoms with E-state index in [1.54, 1.807) is 0 Å². The van der Waals surface area contributed by atoms with E-state index in [-0.39, 0.29) is 24.2 Å². The minimum atomic E-state index is -0.109. The molecule has 2 N–H and O–H groups in total. The Kier molecular flexibility index (Phi) is 4.43. The lowest BCUT2D eigenvalue weighted by molar-refractivity contribution is -0.117. The van der Waals surface area contributed by atoms with Gasteiger partial charge in [-0.25, -0.2) is 4.98 Å². The van der Waals surface area contributed by atoms with Crippen LogP contribution in [0.25, 0.3) is 0 Å². The summed E-state index contributed by atoms with van der Waals surface area (Å²) in [6.45, 7) is 3.99. The maximum atomic E-state index is 12.1. The Morgan fingerprint density at radius 2 is 2.04 bits per heavy atom. The van der Waals surface area contributed by atoms with Crippen molar-refractivity contribution in [2.45, 2.75) is 33.1 Å². The maximum Gasteiger partial charge on any atom is 0.230 e. The zero-order valence-electron chi connectivity index (χ0n) is 13.2. The Balaban J connectivity index is 1.57. The van der Waals surface area contributed by atoms with E-state index >= 15 is 0 Å². The van der Waals surface area contributed by atoms with Crippen molar-refractivity contribution < 1.29 is 9.59 Å². The molecular weight excluding hydrogens is 310 g/mol. The third-order valence-corrected chi connectivity index (χ3v) is 4.53. The van der Waals surface area contributed by atoms with Gasteiger partial charge in [-0.15, -0.1) is 11.3 Å². The molecule has 1 fully saturated rings. The molecule has 23 heavy (non-hydrogen) atoms. The Hall–Kier alpha value is -2.21. The monoisotopic (exact) mass is 329 g/mol. The second kappa shape index (κ2) is 6.50. The van der Waals surface area contributed by atoms with E-state index in [2.05, 4.69) is 15.6 Å². The van der Waals surface area contributed by atoms with Gasteiger partial charge in [0.2, 0.25) is 11.8 Å². The number of aryl methyl sites for hydroxylation is 2. The van der Waals surface area contributed by atoms with Crippen LogP contribution >= 0.6 is 11.3 Å². The van der Waals surface area contributed by atoms with Crippen LogP contribution < -0.4 is 10.6 Å². The second-order valence-corrected chi connectivity index (χ2v) is 6.81. The van der Waals surface area contributed by atoms with Gasteiger partial charge >= 0.3 is 0 Å². The Morgan fingerprint density at radius 1 is 1.26 bits per heavy atom. The van der Waals surface area contributed by atoms with Crippen molar-refractivity contribution in [3.05, 3.63) is 40.4 Å². The van der Waals surface area contributed by atoms with E-state index in [0.29, 0.717) is 10.8 Å². The van der Waals surface area contributed by atoms with Crippen LogP contribution in [-0.4, -0.2) is 16.8 Å². The van der Waals surface area contributed by atoms with Crippen LogP contribution in [-0.2, 0) is 16.0 Å². The van der Waals surface area contributed by atoms with E-state index < -0.39 is 0 Å². The highest BCUT2D eigenvalue weighted by molar-refractivity contribution is 7.13. The molecule has 0 bridgehead atoms. The maximum absolute atomic E-state index is 12.1. The van der Waals surface area contributed by atoms with Crippen molar-refractivity contribution in [1.29, 1.82) is 0 Å². The smallest absolute Gasteiger partial charge is 0.230 e. The average Bonchev–Trinajstić information content (AvgIpc) is 3.25. The molecule has 2 aromatic rings. The summed E-state index contributed by atoms with van der Waals surface area (Å²) in [6, 6.07) is 5.91. The molecule has 1 aliphatic carbocycles. The predicted octanol–water partition coefficient (Wildman–Crippen LogP) is 3.29. The zero-order chi connectivity index (χ0) is 16.4. The van der Waals surface area contributed by atoms with Crippen LogP contribution in [0.4, 0.5) is 10.8 Å². The molecule has 120 valence electrons. The highest BCUT2D eigenvalue weighted by Gasteiger charge is 2.30. The second-order valence-electron chi connectivity index (χ2n) is 5.95. The van der Waals surface area contributed by atoms with Crippen LogP contribution in [0.3, 0.4) is 0 Å². The molecule has 1 aromatic heterocycles. The molecule has 6 heteroatoms. The normalized spacial score (nSPS) is 13.7. The van der Waals surface area contributed by atoms with Crippen LogP contribution in [0, 0.1) is 19.8 Å². The Bertz CT molecular complexity index is 750. The molecular formula is C17H19N3O2S. The van der Waals surface area contributed by atoms with Crippen LogP contribution in [0.2, 0.25) is 0 Å². The molecule has 0 radical (unpaired) electrons. The number of nitrogens with one attached hydrogen (secondary N) is 2. The molecule has 3 rings (SSSR count). The summed E-state index contributed by atoms with van der Waals surface area (Å²) in [5, 5.41) is 8.08. The average molecular weight is 329 g/mol. The number of carbonyl (C=O) groups excluding carboxylic acids is 2. The van der Waals surface area contributed by atoms with E-state index in [0.717, 1.165) is 29.7 Å². The van der Waals surface area contributed by atoms with Gasteiger partial charge in [0.05, 0.1) is 12.1 Å². The first-order valence-corrected chi connectivity index (χ1v) is 8.51. The highest BCUT2D eigenvalue weighted by atomic mass is 32.1. The van der Waals surface area contributed by atoms with Gasteiger partial charge in [0.25, 0.3) is 0 Å². The van der Waals surface area contributed by atoms with Gasteiger partial charge in [-0.3, -0.25) is 9.59 Å². The van der Waals surface area contributed by atoms with Crippen LogP contribution in [0.1, 0.15) is 29.7 Å². The number of thiazole rings is 1. The van der Waals surface area contributed by atoms with Crippen molar-refractivity contribution in [2.24, 2.45) is 5.92 Å². The van der Waals surface area contributed by atoms with Crippen LogP contribution in [0.5, 0.6) is 0 Å². The lowest BCUT2D eigenvalue weighted by Gasteiger charge is -2.08. The summed E-state index contributed by atoms with van der Waals surface area (Å²) in [4.78, 5) is 28.1. The fraction of sp³-hybridized carbons (Fsp3) is 0.353. The van der Waals surface area contributed by atoms with Crippen molar-refractivity contribution in [3.63, 3.8) is 0 Å². The fourth-order valence-corrected chi connectivity index (χ4v) is 3.02. The molecule has 0 unspecified atom stereocenters. The van der Waals surface area contributed by atoms with E-state index in [1.165, 1.54) is 11.3 Å². The Morgan fingerprint density at radius 3 is 2.74 bits per heavy atom. The van der Waals surface area contributed by atoms with Gasteiger partial charge in [0, 0.05) is 17.0 Å². The quantitative estimate of drug-likeness (QED) is 0.884. The number of aromatic nitrogens is 1. The molecule has 5 nitrogen and oxygen atoms in total. The molecule has 0 spiro atoms. The number of rotatable bonds is 5. The van der Waals surface area contributed by atoms with Crippen LogP contribution in [0.15, 0.2) is 23.6 Å². The number of anilines is 2. The number of amides is 2. The minimum absolute atomic E-state index is 0.0330. The summed E-state index contributed by atoms with van der Waals surface area (Å²) in [5.41, 5.74) is 3.69. The lowest BCUT2D eigenvalue weighted by atomic mass is 10.1. The SMILES string of the molecule is Cc1ccc(NC(=O)Cc2csc(NC(=O)C3CC3)n2)c(C)c1. The van der Waals surface area contributed by atoms with E-state index in [4.69, 9.17) is 0 Å². The standard InChI is InChI=1S/C17H19N3O2S/c1-10-3-6-14(11(2)7-10)19-15(21)8-13-9-23-17(18-13)20-16(22)12-4-5-12/h3,6-7,9,12H,4-5,8H2,1-2H3,(H,19,21)(H,18,20,22). The third-order valence-electron chi connectivity index (χ3n) is 3.73. The molecule has 1 aliphatic rings. The van der Waals surface area contributed by atoms with Gasteiger partial charge in [0.15, 0.2) is 5.13 Å². The summed E-state index contributed by atoms with van der Waals surface area (Å²) in [5.74, 6) is 0.0723. The summed E-state index contributed by atoms with van der Waals surface area (Å²) >= 11 is 1.35. The van der Waals surface area contributed by atoms with Gasteiger partial charge in [-0.1, -0.05) is 17.7 Å². The van der Waals surface area contributed by atoms with Gasteiger partial charge in [-0.05, 0) is 38.3 Å². The fourth-order valence-electron chi connectivity index (χ4n) is 2.31. The first kappa shape index (κ1) is 15.7. The minimum Gasteiger partial charge on any atom is -0.326 e. The number of carbonyl (C=O) groups is 2. The number of hydrogen-bond acceptors (Lipinski definition) is 4. The molecule has 1 heterocycles. The first-order chi connectivity index (χ1) is 11.0. The molecule has 0 aliphatic heterocycles. The van der Waals surface area contributed by atoms with Gasteiger partial charge in [0.1, 0.15) is 0 Å².